The van der Waals surface area contributed by atoms with Crippen molar-refractivity contribution in [3.8, 4) is 11.6 Å². The second kappa shape index (κ2) is 7.59. The molecule has 24 heavy (non-hydrogen) atoms. The molecule has 134 valence electrons. The fourth-order valence-corrected chi connectivity index (χ4v) is 3.13. The van der Waals surface area contributed by atoms with E-state index in [-0.39, 0.29) is 12.1 Å². The lowest BCUT2D eigenvalue weighted by molar-refractivity contribution is 0.0463. The molecular formula is C17H25BrN2O4. The first-order chi connectivity index (χ1) is 11.2. The van der Waals surface area contributed by atoms with E-state index in [0.29, 0.717) is 16.1 Å². The van der Waals surface area contributed by atoms with Gasteiger partial charge in [-0.1, -0.05) is 0 Å². The minimum atomic E-state index is -0.516. The highest BCUT2D eigenvalue weighted by Gasteiger charge is 2.32. The number of nitrogens with zero attached hydrogens (tertiary/aromatic N) is 1. The zero-order valence-electron chi connectivity index (χ0n) is 14.8. The van der Waals surface area contributed by atoms with Gasteiger partial charge in [-0.3, -0.25) is 0 Å². The summed E-state index contributed by atoms with van der Waals surface area (Å²) < 4.78 is 17.4. The van der Waals surface area contributed by atoms with Gasteiger partial charge in [-0.25, -0.2) is 9.78 Å². The van der Waals surface area contributed by atoms with Crippen molar-refractivity contribution < 1.29 is 19.0 Å². The number of aromatic nitrogens is 1. The van der Waals surface area contributed by atoms with Gasteiger partial charge in [-0.15, -0.1) is 0 Å². The number of carbonyl (C=O) groups excluding carboxylic acids is 1. The number of nitrogens with one attached hydrogen (secondary N) is 1. The van der Waals surface area contributed by atoms with Gasteiger partial charge in [-0.05, 0) is 62.9 Å². The fraction of sp³-hybridized carbons (Fsp3) is 0.647. The number of aryl methyl sites for hydroxylation is 1. The third-order valence-corrected chi connectivity index (χ3v) is 4.38. The molecule has 1 amide bonds. The van der Waals surface area contributed by atoms with Crippen LogP contribution in [0.25, 0.3) is 0 Å². The fourth-order valence-electron chi connectivity index (χ4n) is 2.68. The van der Waals surface area contributed by atoms with Crippen LogP contribution in [-0.4, -0.2) is 35.9 Å². The van der Waals surface area contributed by atoms with Gasteiger partial charge in [0.25, 0.3) is 0 Å². The van der Waals surface area contributed by atoms with Crippen LogP contribution in [-0.2, 0) is 4.74 Å². The highest BCUT2D eigenvalue weighted by molar-refractivity contribution is 9.10. The van der Waals surface area contributed by atoms with Crippen LogP contribution in [0.2, 0.25) is 0 Å². The topological polar surface area (TPSA) is 69.7 Å². The first kappa shape index (κ1) is 18.8. The van der Waals surface area contributed by atoms with Crippen molar-refractivity contribution in [1.29, 1.82) is 0 Å². The molecule has 0 aromatic carbocycles. The van der Waals surface area contributed by atoms with Crippen LogP contribution in [0.15, 0.2) is 10.5 Å². The number of alkyl carbamates (subject to hydrolysis) is 1. The van der Waals surface area contributed by atoms with Crippen molar-refractivity contribution in [3.05, 3.63) is 16.2 Å². The summed E-state index contributed by atoms with van der Waals surface area (Å²) in [4.78, 5) is 16.3. The average molecular weight is 401 g/mol. The van der Waals surface area contributed by atoms with Gasteiger partial charge in [0.15, 0.2) is 0 Å². The predicted octanol–water partition coefficient (Wildman–Crippen LogP) is 3.99. The highest BCUT2D eigenvalue weighted by atomic mass is 79.9. The molecular weight excluding hydrogens is 376 g/mol. The molecule has 0 bridgehead atoms. The summed E-state index contributed by atoms with van der Waals surface area (Å²) in [5, 5.41) is 2.92. The van der Waals surface area contributed by atoms with Crippen molar-refractivity contribution in [2.75, 3.05) is 7.11 Å². The molecule has 2 atom stereocenters. The standard InChI is InChI=1S/C17H25BrN2O4/c1-10-9-13(14(18)15(19-10)22-5)23-12-8-6-7-11(12)20-16(21)24-17(2,3)4/h9,11-12H,6-8H2,1-5H3,(H,20,21)/t11-,12-/m1/s1. The molecule has 6 nitrogen and oxygen atoms in total. The van der Waals surface area contributed by atoms with Crippen LogP contribution in [0.5, 0.6) is 11.6 Å². The lowest BCUT2D eigenvalue weighted by Crippen LogP contribution is -2.44. The molecule has 0 spiro atoms. The van der Waals surface area contributed by atoms with Crippen LogP contribution in [0.3, 0.4) is 0 Å². The van der Waals surface area contributed by atoms with Crippen molar-refractivity contribution in [1.82, 2.24) is 10.3 Å². The number of hydrogen-bond acceptors (Lipinski definition) is 5. The lowest BCUT2D eigenvalue weighted by atomic mass is 10.2. The second-order valence-corrected chi connectivity index (χ2v) is 7.72. The molecule has 0 unspecified atom stereocenters. The number of methoxy groups -OCH3 is 1. The monoisotopic (exact) mass is 400 g/mol. The number of rotatable bonds is 4. The number of hydrogen-bond donors (Lipinski definition) is 1. The zero-order valence-corrected chi connectivity index (χ0v) is 16.4. The molecule has 1 aliphatic rings. The molecule has 1 fully saturated rings. The smallest absolute Gasteiger partial charge is 0.408 e. The van der Waals surface area contributed by atoms with E-state index in [1.807, 2.05) is 33.8 Å². The molecule has 0 aliphatic heterocycles. The van der Waals surface area contributed by atoms with Gasteiger partial charge < -0.3 is 19.5 Å². The van der Waals surface area contributed by atoms with E-state index < -0.39 is 11.7 Å². The van der Waals surface area contributed by atoms with Gasteiger partial charge in [0.1, 0.15) is 21.9 Å². The summed E-state index contributed by atoms with van der Waals surface area (Å²) in [5.74, 6) is 1.15. The molecule has 1 aromatic rings. The maximum absolute atomic E-state index is 12.0. The second-order valence-electron chi connectivity index (χ2n) is 6.92. The molecule has 1 aliphatic carbocycles. The number of ether oxygens (including phenoxy) is 3. The summed E-state index contributed by atoms with van der Waals surface area (Å²) in [6.45, 7) is 7.42. The molecule has 0 saturated heterocycles. The van der Waals surface area contributed by atoms with Gasteiger partial charge in [0.2, 0.25) is 5.88 Å². The Kier molecular flexibility index (Phi) is 5.96. The zero-order chi connectivity index (χ0) is 17.9. The van der Waals surface area contributed by atoms with E-state index in [0.717, 1.165) is 25.0 Å². The van der Waals surface area contributed by atoms with Crippen LogP contribution in [0, 0.1) is 6.92 Å². The van der Waals surface area contributed by atoms with Crippen LogP contribution >= 0.6 is 15.9 Å². The van der Waals surface area contributed by atoms with Crippen molar-refractivity contribution in [2.24, 2.45) is 0 Å². The Bertz CT molecular complexity index is 601. The third-order valence-electron chi connectivity index (χ3n) is 3.65. The Labute approximate surface area is 151 Å². The summed E-state index contributed by atoms with van der Waals surface area (Å²) >= 11 is 3.47. The van der Waals surface area contributed by atoms with E-state index >= 15 is 0 Å². The minimum absolute atomic E-state index is 0.0776. The van der Waals surface area contributed by atoms with E-state index in [9.17, 15) is 4.79 Å². The molecule has 0 radical (unpaired) electrons. The molecule has 1 aromatic heterocycles. The Balaban J connectivity index is 2.06. The van der Waals surface area contributed by atoms with Crippen LogP contribution < -0.4 is 14.8 Å². The Morgan fingerprint density at radius 2 is 2.08 bits per heavy atom. The van der Waals surface area contributed by atoms with Crippen molar-refractivity contribution in [3.63, 3.8) is 0 Å². The van der Waals surface area contributed by atoms with E-state index in [1.165, 1.54) is 0 Å². The highest BCUT2D eigenvalue weighted by Crippen LogP contribution is 2.36. The largest absolute Gasteiger partial charge is 0.487 e. The Hall–Kier alpha value is -1.50. The molecule has 7 heteroatoms. The molecule has 2 rings (SSSR count). The van der Waals surface area contributed by atoms with Gasteiger partial charge in [0, 0.05) is 11.8 Å². The van der Waals surface area contributed by atoms with Crippen LogP contribution in [0.1, 0.15) is 45.7 Å². The number of pyridine rings is 1. The normalized spacial score (nSPS) is 20.6. The molecule has 1 N–H and O–H groups in total. The lowest BCUT2D eigenvalue weighted by Gasteiger charge is -2.25. The van der Waals surface area contributed by atoms with Crippen molar-refractivity contribution >= 4 is 22.0 Å². The summed E-state index contributed by atoms with van der Waals surface area (Å²) in [5.41, 5.74) is 0.289. The van der Waals surface area contributed by atoms with Crippen LogP contribution in [0.4, 0.5) is 4.79 Å². The van der Waals surface area contributed by atoms with E-state index in [4.69, 9.17) is 14.2 Å². The predicted molar refractivity (Wildman–Crippen MR) is 94.7 cm³/mol. The summed E-state index contributed by atoms with van der Waals surface area (Å²) in [7, 11) is 1.57. The van der Waals surface area contributed by atoms with Gasteiger partial charge in [0.05, 0.1) is 13.2 Å². The molecule has 1 saturated carbocycles. The molecule has 1 heterocycles. The van der Waals surface area contributed by atoms with Crippen molar-refractivity contribution in [2.45, 2.75) is 64.7 Å². The average Bonchev–Trinajstić information content (AvgIpc) is 2.87. The summed E-state index contributed by atoms with van der Waals surface area (Å²) in [6.07, 6.45) is 2.20. The number of halogens is 1. The minimum Gasteiger partial charge on any atom is -0.487 e. The van der Waals surface area contributed by atoms with E-state index in [1.54, 1.807) is 7.11 Å². The maximum atomic E-state index is 12.0. The SMILES string of the molecule is COc1nc(C)cc(O[C@@H]2CCC[C@H]2NC(=O)OC(C)(C)C)c1Br. The van der Waals surface area contributed by atoms with Gasteiger partial charge >= 0.3 is 6.09 Å². The van der Waals surface area contributed by atoms with E-state index in [2.05, 4.69) is 26.2 Å². The Morgan fingerprint density at radius 3 is 2.71 bits per heavy atom. The quantitative estimate of drug-likeness (QED) is 0.827. The maximum Gasteiger partial charge on any atom is 0.408 e. The Morgan fingerprint density at radius 1 is 1.38 bits per heavy atom. The summed E-state index contributed by atoms with van der Waals surface area (Å²) in [6, 6.07) is 1.78. The first-order valence-corrected chi connectivity index (χ1v) is 8.86. The van der Waals surface area contributed by atoms with Gasteiger partial charge in [-0.2, -0.15) is 0 Å². The number of amides is 1. The third kappa shape index (κ3) is 5.00. The first-order valence-electron chi connectivity index (χ1n) is 8.07. The number of carbonyl (C=O) groups is 1.